The zero-order chi connectivity index (χ0) is 55.4. The van der Waals surface area contributed by atoms with E-state index in [0.29, 0.717) is 0 Å². The molecule has 0 radical (unpaired) electrons. The van der Waals surface area contributed by atoms with Gasteiger partial charge in [-0.1, -0.05) is 170 Å². The van der Waals surface area contributed by atoms with Crippen molar-refractivity contribution in [3.63, 3.8) is 0 Å². The van der Waals surface area contributed by atoms with Crippen LogP contribution in [0.15, 0.2) is 285 Å². The average molecular weight is 1080 g/mol. The topological polar surface area (TPSA) is 29.6 Å². The highest BCUT2D eigenvalue weighted by Gasteiger charge is 2.25. The van der Waals surface area contributed by atoms with E-state index in [1.807, 2.05) is 0 Å². The van der Waals surface area contributed by atoms with Gasteiger partial charge in [-0.05, 0) is 121 Å². The molecule has 19 rings (SSSR count). The highest BCUT2D eigenvalue weighted by molar-refractivity contribution is 6.16. The Morgan fingerprint density at radius 3 is 0.847 bits per heavy atom. The van der Waals surface area contributed by atoms with Crippen LogP contribution < -0.4 is 0 Å². The van der Waals surface area contributed by atoms with E-state index >= 15 is 0 Å². The Morgan fingerprint density at radius 1 is 0.212 bits per heavy atom. The largest absolute Gasteiger partial charge is 0.313 e. The Kier molecular flexibility index (Phi) is 9.58. The van der Waals surface area contributed by atoms with Gasteiger partial charge in [-0.25, -0.2) is 0 Å². The molecule has 6 nitrogen and oxygen atoms in total. The summed E-state index contributed by atoms with van der Waals surface area (Å²) in [5.74, 6) is 0. The van der Waals surface area contributed by atoms with E-state index in [4.69, 9.17) is 0 Å². The molecule has 0 amide bonds. The molecule has 6 heteroatoms. The average Bonchev–Trinajstić information content (AvgIpc) is 1.88. The first-order valence-electron chi connectivity index (χ1n) is 29.4. The van der Waals surface area contributed by atoms with Crippen molar-refractivity contribution in [1.82, 2.24) is 27.4 Å². The molecule has 396 valence electrons. The molecule has 1 aliphatic carbocycles. The van der Waals surface area contributed by atoms with Crippen molar-refractivity contribution >= 4 is 132 Å². The highest BCUT2D eigenvalue weighted by Crippen LogP contribution is 2.44. The molecule has 0 unspecified atom stereocenters. The van der Waals surface area contributed by atoms with Gasteiger partial charge in [0.25, 0.3) is 0 Å². The van der Waals surface area contributed by atoms with Gasteiger partial charge in [-0.15, -0.1) is 0 Å². The van der Waals surface area contributed by atoms with Crippen LogP contribution in [0.25, 0.3) is 160 Å². The number of benzene rings is 12. The maximum atomic E-state index is 2.55. The summed E-state index contributed by atoms with van der Waals surface area (Å²) in [7, 11) is 0. The van der Waals surface area contributed by atoms with Crippen molar-refractivity contribution in [2.24, 2.45) is 0 Å². The van der Waals surface area contributed by atoms with E-state index in [9.17, 15) is 0 Å². The lowest BCUT2D eigenvalue weighted by molar-refractivity contribution is 0.992. The van der Waals surface area contributed by atoms with Crippen LogP contribution in [-0.2, 0) is 6.42 Å². The third kappa shape index (κ3) is 6.53. The molecule has 0 fully saturated rings. The summed E-state index contributed by atoms with van der Waals surface area (Å²) in [6, 6.07) is 101. The van der Waals surface area contributed by atoms with Crippen LogP contribution in [0.2, 0.25) is 0 Å². The molecule has 0 atom stereocenters. The summed E-state index contributed by atoms with van der Waals surface area (Å²) in [6.07, 6.45) is 7.87. The number of rotatable bonds is 6. The minimum Gasteiger partial charge on any atom is -0.313 e. The van der Waals surface area contributed by atoms with Crippen LogP contribution in [0.4, 0.5) is 0 Å². The van der Waals surface area contributed by atoms with Crippen molar-refractivity contribution in [3.05, 3.63) is 296 Å². The number of para-hydroxylation sites is 9. The van der Waals surface area contributed by atoms with Crippen LogP contribution in [-0.4, -0.2) is 27.4 Å². The minimum atomic E-state index is 0.739. The molecule has 18 aromatic rings. The van der Waals surface area contributed by atoms with Crippen LogP contribution >= 0.6 is 0 Å². The third-order valence-corrected chi connectivity index (χ3v) is 18.4. The van der Waals surface area contributed by atoms with Gasteiger partial charge in [-0.2, -0.15) is 0 Å². The molecule has 85 heavy (non-hydrogen) atoms. The van der Waals surface area contributed by atoms with E-state index in [-0.39, 0.29) is 0 Å². The molecule has 6 aromatic heterocycles. The fourth-order valence-electron chi connectivity index (χ4n) is 14.9. The van der Waals surface area contributed by atoms with Crippen LogP contribution in [0, 0.1) is 0 Å². The predicted octanol–water partition coefficient (Wildman–Crippen LogP) is 20.2. The van der Waals surface area contributed by atoms with Crippen molar-refractivity contribution in [1.29, 1.82) is 0 Å². The van der Waals surface area contributed by atoms with Gasteiger partial charge in [0, 0.05) is 94.0 Å². The molecule has 6 heterocycles. The van der Waals surface area contributed by atoms with Gasteiger partial charge in [0.15, 0.2) is 0 Å². The molecule has 0 saturated carbocycles. The van der Waals surface area contributed by atoms with E-state index in [1.165, 1.54) is 109 Å². The standard InChI is InChI=1S/C79H50N6/c1-10-30-68-56(21-1)57-22-2-11-31-69(57)80(68)50-20-19-39-77-65(47-50)62-27-7-16-36-74(62)83(77)53-44-54(84-75-37-17-8-28-63(75)66-48-51(40-42-78(66)84)81-70-32-12-3-23-58(70)59-24-4-13-33-71(59)81)46-55(45-53)85-76-38-18-9-29-64(76)67-49-52(41-43-79(67)85)82-72-34-14-5-25-60(72)61-26-6-15-35-73(61)82/h1-38,40-49H,39H2. The summed E-state index contributed by atoms with van der Waals surface area (Å²) in [4.78, 5) is 0. The molecule has 0 N–H and O–H groups in total. The molecule has 1 aliphatic rings. The maximum Gasteiger partial charge on any atom is 0.0542 e. The molecule has 0 bridgehead atoms. The second-order valence-corrected chi connectivity index (χ2v) is 22.8. The lowest BCUT2D eigenvalue weighted by Crippen LogP contribution is -2.05. The Bertz CT molecular complexity index is 5550. The van der Waals surface area contributed by atoms with Crippen molar-refractivity contribution in [3.8, 4) is 28.4 Å². The minimum absolute atomic E-state index is 0.739. The number of nitrogens with zero attached hydrogens (tertiary/aromatic N) is 6. The maximum absolute atomic E-state index is 2.55. The molecular weight excluding hydrogens is 1030 g/mol. The summed E-state index contributed by atoms with van der Waals surface area (Å²) in [6.45, 7) is 0. The van der Waals surface area contributed by atoms with Crippen molar-refractivity contribution in [2.75, 3.05) is 0 Å². The SMILES string of the molecule is C1=CC(n2c3ccccc3c3ccccc32)=Cc2c(n(-c3cc(-n4c5ccccc5c5cc(-n6c7ccccc7c7ccccc76)ccc54)cc(-n4c5ccccc5c5cc(-n6c7ccccc7c7ccccc76)ccc54)c3)c3ccccc23)C1. The second kappa shape index (κ2) is 17.6. The Morgan fingerprint density at radius 2 is 0.482 bits per heavy atom. The Balaban J connectivity index is 0.881. The molecular formula is C79H50N6. The first kappa shape index (κ1) is 46.3. The van der Waals surface area contributed by atoms with Crippen LogP contribution in [0.3, 0.4) is 0 Å². The zero-order valence-corrected chi connectivity index (χ0v) is 46.1. The second-order valence-electron chi connectivity index (χ2n) is 22.8. The molecule has 0 saturated heterocycles. The fraction of sp³-hybridized carbons (Fsp3) is 0.0127. The fourth-order valence-corrected chi connectivity index (χ4v) is 14.9. The summed E-state index contributed by atoms with van der Waals surface area (Å²) in [5.41, 5.74) is 22.1. The predicted molar refractivity (Wildman–Crippen MR) is 357 cm³/mol. The first-order chi connectivity index (χ1) is 42.2. The highest BCUT2D eigenvalue weighted by atomic mass is 15.1. The number of hydrogen-bond donors (Lipinski definition) is 0. The monoisotopic (exact) mass is 1080 g/mol. The van der Waals surface area contributed by atoms with Crippen molar-refractivity contribution < 1.29 is 0 Å². The van der Waals surface area contributed by atoms with E-state index in [2.05, 4.69) is 319 Å². The van der Waals surface area contributed by atoms with Gasteiger partial charge in [0.2, 0.25) is 0 Å². The number of hydrogen-bond acceptors (Lipinski definition) is 0. The molecule has 12 aromatic carbocycles. The normalized spacial score (nSPS) is 12.9. The summed E-state index contributed by atoms with van der Waals surface area (Å²) >= 11 is 0. The molecule has 0 spiro atoms. The van der Waals surface area contributed by atoms with Gasteiger partial charge in [0.1, 0.15) is 0 Å². The van der Waals surface area contributed by atoms with Crippen LogP contribution in [0.5, 0.6) is 0 Å². The van der Waals surface area contributed by atoms with Gasteiger partial charge < -0.3 is 27.4 Å². The lowest BCUT2D eigenvalue weighted by atomic mass is 10.1. The third-order valence-electron chi connectivity index (χ3n) is 18.4. The van der Waals surface area contributed by atoms with E-state index < -0.39 is 0 Å². The smallest absolute Gasteiger partial charge is 0.0542 e. The molecule has 0 aliphatic heterocycles. The quantitative estimate of drug-likeness (QED) is 0.159. The van der Waals surface area contributed by atoms with Gasteiger partial charge in [-0.3, -0.25) is 0 Å². The summed E-state index contributed by atoms with van der Waals surface area (Å²) < 4.78 is 14.9. The lowest BCUT2D eigenvalue weighted by Gasteiger charge is -2.18. The van der Waals surface area contributed by atoms with E-state index in [0.717, 1.165) is 62.6 Å². The van der Waals surface area contributed by atoms with Gasteiger partial charge >= 0.3 is 0 Å². The Labute approximate surface area is 487 Å². The Hall–Kier alpha value is -11.3. The zero-order valence-electron chi connectivity index (χ0n) is 46.1. The number of fused-ring (bicyclic) bond motifs is 18. The van der Waals surface area contributed by atoms with E-state index in [1.54, 1.807) is 0 Å². The number of aromatic nitrogens is 6. The van der Waals surface area contributed by atoms with Crippen LogP contribution in [0.1, 0.15) is 11.3 Å². The summed E-state index contributed by atoms with van der Waals surface area (Å²) in [5, 5.41) is 13.5. The number of allylic oxidation sites excluding steroid dienone is 3. The van der Waals surface area contributed by atoms with Gasteiger partial charge in [0.05, 0.1) is 77.7 Å². The first-order valence-corrected chi connectivity index (χ1v) is 29.4. The van der Waals surface area contributed by atoms with Crippen molar-refractivity contribution in [2.45, 2.75) is 6.42 Å².